The van der Waals surface area contributed by atoms with Crippen molar-refractivity contribution in [2.24, 2.45) is 0 Å². The molecule has 4 heteroatoms. The Labute approximate surface area is 111 Å². The van der Waals surface area contributed by atoms with E-state index >= 15 is 0 Å². The molecule has 18 heavy (non-hydrogen) atoms. The maximum atomic E-state index is 11.7. The second kappa shape index (κ2) is 6.90. The first-order valence-corrected chi connectivity index (χ1v) is 8.36. The minimum atomic E-state index is -3.02. The third-order valence-corrected chi connectivity index (χ3v) is 4.88. The molecule has 0 aliphatic carbocycles. The van der Waals surface area contributed by atoms with E-state index in [9.17, 15) is 8.42 Å². The second-order valence-corrected chi connectivity index (χ2v) is 7.19. The molecule has 2 atom stereocenters. The monoisotopic (exact) mass is 269 g/mol. The van der Waals surface area contributed by atoms with Crippen molar-refractivity contribution in [3.8, 4) is 0 Å². The highest BCUT2D eigenvalue weighted by atomic mass is 32.2. The summed E-state index contributed by atoms with van der Waals surface area (Å²) < 4.78 is 23.4. The van der Waals surface area contributed by atoms with Gasteiger partial charge in [0.15, 0.2) is 9.84 Å². The van der Waals surface area contributed by atoms with Gasteiger partial charge in [-0.15, -0.1) is 0 Å². The highest BCUT2D eigenvalue weighted by Crippen LogP contribution is 2.11. The van der Waals surface area contributed by atoms with Crippen LogP contribution in [0.2, 0.25) is 0 Å². The summed E-state index contributed by atoms with van der Waals surface area (Å²) in [5, 5.41) is 2.97. The molecule has 0 bridgehead atoms. The summed E-state index contributed by atoms with van der Waals surface area (Å²) in [6.45, 7) is 4.71. The van der Waals surface area contributed by atoms with E-state index in [4.69, 9.17) is 0 Å². The number of rotatable bonds is 7. The largest absolute Gasteiger partial charge is 0.312 e. The predicted octanol–water partition coefficient (Wildman–Crippen LogP) is 2.03. The van der Waals surface area contributed by atoms with Gasteiger partial charge in [-0.05, 0) is 31.9 Å². The van der Waals surface area contributed by atoms with Gasteiger partial charge in [-0.3, -0.25) is 0 Å². The van der Waals surface area contributed by atoms with Crippen LogP contribution in [0.15, 0.2) is 30.3 Å². The molecule has 3 nitrogen and oxygen atoms in total. The first kappa shape index (κ1) is 15.2. The average Bonchev–Trinajstić information content (AvgIpc) is 2.33. The summed E-state index contributed by atoms with van der Waals surface area (Å²) in [5.41, 5.74) is 1.17. The zero-order valence-corrected chi connectivity index (χ0v) is 12.2. The van der Waals surface area contributed by atoms with Gasteiger partial charge in [0.2, 0.25) is 0 Å². The van der Waals surface area contributed by atoms with Gasteiger partial charge in [-0.2, -0.15) is 0 Å². The van der Waals surface area contributed by atoms with Crippen molar-refractivity contribution < 1.29 is 8.42 Å². The molecule has 1 rings (SSSR count). The summed E-state index contributed by atoms with van der Waals surface area (Å²) in [6.07, 6.45) is 3.06. The van der Waals surface area contributed by atoms with Gasteiger partial charge in [0.25, 0.3) is 0 Å². The van der Waals surface area contributed by atoms with Gasteiger partial charge in [0.1, 0.15) is 0 Å². The number of sulfone groups is 1. The van der Waals surface area contributed by atoms with Crippen LogP contribution in [-0.2, 0) is 16.3 Å². The highest BCUT2D eigenvalue weighted by Gasteiger charge is 2.25. The summed E-state index contributed by atoms with van der Waals surface area (Å²) in [5.74, 6) is 0. The van der Waals surface area contributed by atoms with E-state index in [1.807, 2.05) is 30.3 Å². The summed E-state index contributed by atoms with van der Waals surface area (Å²) >= 11 is 0. The first-order chi connectivity index (χ1) is 8.45. The van der Waals surface area contributed by atoms with E-state index in [2.05, 4.69) is 12.2 Å². The molecule has 0 aliphatic rings. The van der Waals surface area contributed by atoms with Crippen molar-refractivity contribution in [1.29, 1.82) is 0 Å². The maximum Gasteiger partial charge on any atom is 0.151 e. The number of hydrogen-bond acceptors (Lipinski definition) is 3. The molecule has 0 radical (unpaired) electrons. The smallest absolute Gasteiger partial charge is 0.151 e. The molecule has 2 unspecified atom stereocenters. The van der Waals surface area contributed by atoms with Crippen molar-refractivity contribution in [2.45, 2.75) is 38.0 Å². The number of benzene rings is 1. The zero-order chi connectivity index (χ0) is 13.6. The molecular weight excluding hydrogens is 246 g/mol. The minimum Gasteiger partial charge on any atom is -0.312 e. The Bertz CT molecular complexity index is 442. The minimum absolute atomic E-state index is 0.0256. The van der Waals surface area contributed by atoms with Gasteiger partial charge in [-0.25, -0.2) is 8.42 Å². The fourth-order valence-corrected chi connectivity index (χ4v) is 2.69. The van der Waals surface area contributed by atoms with Crippen LogP contribution in [-0.4, -0.2) is 32.5 Å². The standard InChI is InChI=1S/C14H23NO2S/c1-4-10-15-14(12(2)18(3,16)17)11-13-8-6-5-7-9-13/h5-9,12,14-15H,4,10-11H2,1-3H3. The Morgan fingerprint density at radius 1 is 1.22 bits per heavy atom. The van der Waals surface area contributed by atoms with Crippen LogP contribution in [0.4, 0.5) is 0 Å². The highest BCUT2D eigenvalue weighted by molar-refractivity contribution is 7.91. The molecule has 0 amide bonds. The van der Waals surface area contributed by atoms with Gasteiger partial charge in [-0.1, -0.05) is 37.3 Å². The van der Waals surface area contributed by atoms with E-state index in [1.165, 1.54) is 11.8 Å². The lowest BCUT2D eigenvalue weighted by Crippen LogP contribution is -2.44. The van der Waals surface area contributed by atoms with Crippen LogP contribution in [0.25, 0.3) is 0 Å². The molecule has 0 spiro atoms. The van der Waals surface area contributed by atoms with Gasteiger partial charge in [0.05, 0.1) is 5.25 Å². The lowest BCUT2D eigenvalue weighted by atomic mass is 10.0. The topological polar surface area (TPSA) is 46.2 Å². The van der Waals surface area contributed by atoms with Crippen molar-refractivity contribution in [2.75, 3.05) is 12.8 Å². The van der Waals surface area contributed by atoms with Gasteiger partial charge in [0, 0.05) is 12.3 Å². The maximum absolute atomic E-state index is 11.7. The molecule has 0 saturated carbocycles. The second-order valence-electron chi connectivity index (χ2n) is 4.78. The summed E-state index contributed by atoms with van der Waals surface area (Å²) in [7, 11) is -3.02. The molecule has 1 aromatic carbocycles. The zero-order valence-electron chi connectivity index (χ0n) is 11.4. The molecule has 1 N–H and O–H groups in total. The van der Waals surface area contributed by atoms with E-state index in [0.29, 0.717) is 0 Å². The third-order valence-electron chi connectivity index (χ3n) is 3.20. The van der Waals surface area contributed by atoms with Crippen LogP contribution in [0.3, 0.4) is 0 Å². The molecule has 0 heterocycles. The molecule has 102 valence electrons. The van der Waals surface area contributed by atoms with E-state index in [-0.39, 0.29) is 11.3 Å². The lowest BCUT2D eigenvalue weighted by Gasteiger charge is -2.24. The van der Waals surface area contributed by atoms with Crippen molar-refractivity contribution in [1.82, 2.24) is 5.32 Å². The van der Waals surface area contributed by atoms with E-state index < -0.39 is 9.84 Å². The summed E-state index contributed by atoms with van der Waals surface area (Å²) in [6, 6.07) is 9.99. The van der Waals surface area contributed by atoms with Gasteiger partial charge >= 0.3 is 0 Å². The van der Waals surface area contributed by atoms with Crippen LogP contribution >= 0.6 is 0 Å². The van der Waals surface area contributed by atoms with E-state index in [0.717, 1.165) is 19.4 Å². The average molecular weight is 269 g/mol. The molecule has 0 fully saturated rings. The number of hydrogen-bond donors (Lipinski definition) is 1. The Hall–Kier alpha value is -0.870. The quantitative estimate of drug-likeness (QED) is 0.824. The van der Waals surface area contributed by atoms with Crippen LogP contribution in [0.1, 0.15) is 25.8 Å². The van der Waals surface area contributed by atoms with Crippen LogP contribution < -0.4 is 5.32 Å². The SMILES string of the molecule is CCCNC(Cc1ccccc1)C(C)S(C)(=O)=O. The third kappa shape index (κ3) is 4.78. The van der Waals surface area contributed by atoms with Crippen LogP contribution in [0.5, 0.6) is 0 Å². The fourth-order valence-electron chi connectivity index (χ4n) is 1.90. The Kier molecular flexibility index (Phi) is 5.82. The summed E-state index contributed by atoms with van der Waals surface area (Å²) in [4.78, 5) is 0. The molecule has 1 aromatic rings. The Balaban J connectivity index is 2.79. The fraction of sp³-hybridized carbons (Fsp3) is 0.571. The molecule has 0 aromatic heterocycles. The first-order valence-electron chi connectivity index (χ1n) is 6.41. The van der Waals surface area contributed by atoms with Gasteiger partial charge < -0.3 is 5.32 Å². The van der Waals surface area contributed by atoms with Crippen molar-refractivity contribution >= 4 is 9.84 Å². The van der Waals surface area contributed by atoms with Crippen molar-refractivity contribution in [3.05, 3.63) is 35.9 Å². The molecular formula is C14H23NO2S. The Morgan fingerprint density at radius 2 is 1.83 bits per heavy atom. The normalized spacial score (nSPS) is 15.3. The van der Waals surface area contributed by atoms with Crippen LogP contribution in [0, 0.1) is 0 Å². The van der Waals surface area contributed by atoms with Crippen molar-refractivity contribution in [3.63, 3.8) is 0 Å². The lowest BCUT2D eigenvalue weighted by molar-refractivity contribution is 0.482. The molecule has 0 aliphatic heterocycles. The molecule has 0 saturated heterocycles. The Morgan fingerprint density at radius 3 is 2.33 bits per heavy atom. The predicted molar refractivity (Wildman–Crippen MR) is 76.5 cm³/mol. The number of nitrogens with one attached hydrogen (secondary N) is 1. The van der Waals surface area contributed by atoms with E-state index in [1.54, 1.807) is 6.92 Å².